The van der Waals surface area contributed by atoms with Gasteiger partial charge in [0.1, 0.15) is 12.7 Å². The molecule has 0 saturated heterocycles. The Bertz CT molecular complexity index is 682. The van der Waals surface area contributed by atoms with Crippen LogP contribution in [0.2, 0.25) is 5.15 Å². The van der Waals surface area contributed by atoms with Crippen molar-refractivity contribution in [3.8, 4) is 11.9 Å². The molecule has 0 amide bonds. The highest BCUT2D eigenvalue weighted by molar-refractivity contribution is 6.30. The van der Waals surface area contributed by atoms with E-state index in [-0.39, 0.29) is 23.2 Å². The Morgan fingerprint density at radius 2 is 2.29 bits per heavy atom. The zero-order valence-electron chi connectivity index (χ0n) is 11.1. The van der Waals surface area contributed by atoms with Crippen LogP contribution < -0.4 is 10.1 Å². The van der Waals surface area contributed by atoms with E-state index in [1.165, 1.54) is 0 Å². The molecule has 7 heteroatoms. The monoisotopic (exact) mass is 301 g/mol. The summed E-state index contributed by atoms with van der Waals surface area (Å²) in [6.07, 6.45) is 5.56. The molecular weight excluding hydrogens is 290 g/mol. The molecule has 2 aromatic rings. The Morgan fingerprint density at radius 1 is 1.43 bits per heavy atom. The van der Waals surface area contributed by atoms with Gasteiger partial charge in [0.2, 0.25) is 11.8 Å². The normalized spacial score (nSPS) is 13.5. The zero-order chi connectivity index (χ0) is 14.7. The minimum Gasteiger partial charge on any atom is -0.472 e. The molecule has 3 rings (SSSR count). The molecular formula is C14H12ClN5O. The highest BCUT2D eigenvalue weighted by Gasteiger charge is 2.23. The maximum absolute atomic E-state index is 9.15. The average Bonchev–Trinajstić information content (AvgIpc) is 3.30. The van der Waals surface area contributed by atoms with E-state index in [1.807, 2.05) is 18.2 Å². The summed E-state index contributed by atoms with van der Waals surface area (Å²) >= 11 is 6.01. The zero-order valence-corrected chi connectivity index (χ0v) is 11.8. The second-order valence-corrected chi connectivity index (χ2v) is 5.06. The van der Waals surface area contributed by atoms with Crippen LogP contribution in [0.4, 0.5) is 5.95 Å². The van der Waals surface area contributed by atoms with Crippen molar-refractivity contribution in [2.45, 2.75) is 25.5 Å². The number of halogens is 1. The van der Waals surface area contributed by atoms with Gasteiger partial charge in [-0.25, -0.2) is 0 Å². The molecule has 2 aromatic heterocycles. The Morgan fingerprint density at radius 3 is 2.95 bits per heavy atom. The molecule has 0 aliphatic heterocycles. The van der Waals surface area contributed by atoms with Gasteiger partial charge in [-0.3, -0.25) is 4.98 Å². The predicted octanol–water partition coefficient (Wildman–Crippen LogP) is 2.55. The number of aromatic nitrogens is 3. The molecule has 1 N–H and O–H groups in total. The number of pyridine rings is 1. The smallest absolute Gasteiger partial charge is 0.238 e. The Kier molecular flexibility index (Phi) is 3.84. The summed E-state index contributed by atoms with van der Waals surface area (Å²) in [4.78, 5) is 12.3. The molecule has 6 nitrogen and oxygen atoms in total. The molecule has 0 spiro atoms. The van der Waals surface area contributed by atoms with Crippen LogP contribution in [0.1, 0.15) is 24.0 Å². The summed E-state index contributed by atoms with van der Waals surface area (Å²) in [6, 6.07) is 6.06. The van der Waals surface area contributed by atoms with E-state index in [0.717, 1.165) is 18.4 Å². The quantitative estimate of drug-likeness (QED) is 0.854. The number of anilines is 1. The molecule has 0 bridgehead atoms. The third-order valence-electron chi connectivity index (χ3n) is 2.95. The fourth-order valence-corrected chi connectivity index (χ4v) is 1.93. The van der Waals surface area contributed by atoms with Gasteiger partial charge in [-0.2, -0.15) is 15.2 Å². The molecule has 21 heavy (non-hydrogen) atoms. The minimum absolute atomic E-state index is 0.0943. The lowest BCUT2D eigenvalue weighted by Crippen LogP contribution is -2.09. The largest absolute Gasteiger partial charge is 0.472 e. The molecule has 0 radical (unpaired) electrons. The first kappa shape index (κ1) is 13.6. The van der Waals surface area contributed by atoms with Crippen LogP contribution in [0.5, 0.6) is 5.88 Å². The number of nitrogens with zero attached hydrogens (tertiary/aromatic N) is 4. The molecule has 0 atom stereocenters. The van der Waals surface area contributed by atoms with Gasteiger partial charge < -0.3 is 10.1 Å². The predicted molar refractivity (Wildman–Crippen MR) is 77.0 cm³/mol. The van der Waals surface area contributed by atoms with Crippen molar-refractivity contribution in [2.24, 2.45) is 0 Å². The third-order valence-corrected chi connectivity index (χ3v) is 3.23. The lowest BCUT2D eigenvalue weighted by Gasteiger charge is -2.10. The molecule has 1 aliphatic rings. The highest BCUT2D eigenvalue weighted by atomic mass is 35.5. The van der Waals surface area contributed by atoms with E-state index < -0.39 is 0 Å². The van der Waals surface area contributed by atoms with Crippen molar-refractivity contribution in [2.75, 3.05) is 5.32 Å². The van der Waals surface area contributed by atoms with Gasteiger partial charge in [-0.1, -0.05) is 17.7 Å². The van der Waals surface area contributed by atoms with Gasteiger partial charge in [0.05, 0.1) is 0 Å². The van der Waals surface area contributed by atoms with Crippen molar-refractivity contribution in [1.29, 1.82) is 5.26 Å². The lowest BCUT2D eigenvalue weighted by atomic mass is 10.3. The molecule has 1 aliphatic carbocycles. The van der Waals surface area contributed by atoms with Gasteiger partial charge in [0.25, 0.3) is 0 Å². The molecule has 2 heterocycles. The summed E-state index contributed by atoms with van der Waals surface area (Å²) in [5, 5.41) is 12.4. The van der Waals surface area contributed by atoms with Crippen molar-refractivity contribution in [3.63, 3.8) is 0 Å². The molecule has 106 valence electrons. The van der Waals surface area contributed by atoms with E-state index in [1.54, 1.807) is 12.4 Å². The standard InChI is InChI=1S/C14H12ClN5O/c15-12-11(6-16)13(20-14(19-12)18-10-3-4-10)21-8-9-2-1-5-17-7-9/h1-2,5,7,10H,3-4,8H2,(H,18,19,20). The second-order valence-electron chi connectivity index (χ2n) is 4.70. The molecule has 0 aromatic carbocycles. The van der Waals surface area contributed by atoms with Crippen LogP contribution >= 0.6 is 11.6 Å². The van der Waals surface area contributed by atoms with E-state index >= 15 is 0 Å². The van der Waals surface area contributed by atoms with E-state index in [0.29, 0.717) is 12.0 Å². The summed E-state index contributed by atoms with van der Waals surface area (Å²) in [5.74, 6) is 0.576. The summed E-state index contributed by atoms with van der Waals surface area (Å²) < 4.78 is 5.60. The van der Waals surface area contributed by atoms with Gasteiger partial charge in [-0.05, 0) is 18.9 Å². The number of nitrogens with one attached hydrogen (secondary N) is 1. The van der Waals surface area contributed by atoms with Crippen LogP contribution in [0, 0.1) is 11.3 Å². The van der Waals surface area contributed by atoms with Gasteiger partial charge >= 0.3 is 0 Å². The second kappa shape index (κ2) is 5.94. The molecule has 1 saturated carbocycles. The SMILES string of the molecule is N#Cc1c(Cl)nc(NC2CC2)nc1OCc1cccnc1. The number of hydrogen-bond donors (Lipinski definition) is 1. The van der Waals surface area contributed by atoms with Gasteiger partial charge in [0.15, 0.2) is 10.7 Å². The topological polar surface area (TPSA) is 83.7 Å². The first-order valence-electron chi connectivity index (χ1n) is 6.52. The van der Waals surface area contributed by atoms with E-state index in [9.17, 15) is 0 Å². The Labute approximate surface area is 126 Å². The van der Waals surface area contributed by atoms with E-state index in [2.05, 4.69) is 20.3 Å². The lowest BCUT2D eigenvalue weighted by molar-refractivity contribution is 0.292. The minimum atomic E-state index is 0.0943. The van der Waals surface area contributed by atoms with Crippen molar-refractivity contribution in [1.82, 2.24) is 15.0 Å². The van der Waals surface area contributed by atoms with Gasteiger partial charge in [0, 0.05) is 24.0 Å². The maximum Gasteiger partial charge on any atom is 0.238 e. The van der Waals surface area contributed by atoms with Crippen LogP contribution in [0.15, 0.2) is 24.5 Å². The van der Waals surface area contributed by atoms with Crippen LogP contribution in [0.3, 0.4) is 0 Å². The van der Waals surface area contributed by atoms with Crippen LogP contribution in [-0.4, -0.2) is 21.0 Å². The number of nitriles is 1. The maximum atomic E-state index is 9.15. The first-order chi connectivity index (χ1) is 10.3. The first-order valence-corrected chi connectivity index (χ1v) is 6.90. The van der Waals surface area contributed by atoms with Crippen molar-refractivity contribution in [3.05, 3.63) is 40.8 Å². The average molecular weight is 302 g/mol. The van der Waals surface area contributed by atoms with Crippen LogP contribution in [-0.2, 0) is 6.61 Å². The Balaban J connectivity index is 1.81. The highest BCUT2D eigenvalue weighted by Crippen LogP contribution is 2.28. The Hall–Kier alpha value is -2.39. The summed E-state index contributed by atoms with van der Waals surface area (Å²) in [6.45, 7) is 0.263. The van der Waals surface area contributed by atoms with Crippen molar-refractivity contribution >= 4 is 17.5 Å². The summed E-state index contributed by atoms with van der Waals surface area (Å²) in [7, 11) is 0. The van der Waals surface area contributed by atoms with Crippen molar-refractivity contribution < 1.29 is 4.74 Å². The number of ether oxygens (including phenoxy) is 1. The van der Waals surface area contributed by atoms with E-state index in [4.69, 9.17) is 21.6 Å². The third kappa shape index (κ3) is 3.38. The van der Waals surface area contributed by atoms with Crippen LogP contribution in [0.25, 0.3) is 0 Å². The number of rotatable bonds is 5. The fourth-order valence-electron chi connectivity index (χ4n) is 1.72. The fraction of sp³-hybridized carbons (Fsp3) is 0.286. The molecule has 0 unspecified atom stereocenters. The van der Waals surface area contributed by atoms with Gasteiger partial charge in [-0.15, -0.1) is 0 Å². The summed E-state index contributed by atoms with van der Waals surface area (Å²) in [5.41, 5.74) is 1.02. The molecule has 1 fully saturated rings. The number of hydrogen-bond acceptors (Lipinski definition) is 6.